The predicted molar refractivity (Wildman–Crippen MR) is 74.9 cm³/mol. The van der Waals surface area contributed by atoms with Gasteiger partial charge in [-0.25, -0.2) is 0 Å². The molecule has 1 amide bonds. The number of Topliss-reactive ketones (excluding diaryl/α,β-unsaturated/α-hetero) is 1. The summed E-state index contributed by atoms with van der Waals surface area (Å²) in [5.74, 6) is 0.247. The van der Waals surface area contributed by atoms with Gasteiger partial charge in [0.2, 0.25) is 5.91 Å². The molecule has 1 N–H and O–H groups in total. The zero-order chi connectivity index (χ0) is 14.1. The second kappa shape index (κ2) is 8.40. The molecule has 4 nitrogen and oxygen atoms in total. The number of carbonyl (C=O) groups excluding carboxylic acids is 2. The maximum absolute atomic E-state index is 10.8. The van der Waals surface area contributed by atoms with E-state index in [2.05, 4.69) is 16.4 Å². The highest BCUT2D eigenvalue weighted by Gasteiger charge is 1.99. The summed E-state index contributed by atoms with van der Waals surface area (Å²) in [4.78, 5) is 25.9. The van der Waals surface area contributed by atoms with Crippen LogP contribution in [0, 0.1) is 0 Å². The molecule has 0 aliphatic rings. The van der Waals surface area contributed by atoms with Gasteiger partial charge in [-0.05, 0) is 44.2 Å². The van der Waals surface area contributed by atoms with Crippen molar-refractivity contribution in [1.82, 2.24) is 10.3 Å². The maximum atomic E-state index is 10.8. The molecule has 104 valence electrons. The Kier molecular flexibility index (Phi) is 6.79. The Labute approximate surface area is 114 Å². The molecule has 4 heteroatoms. The monoisotopic (exact) mass is 262 g/mol. The van der Waals surface area contributed by atoms with Crippen LogP contribution < -0.4 is 5.32 Å². The summed E-state index contributed by atoms with van der Waals surface area (Å²) >= 11 is 0. The van der Waals surface area contributed by atoms with Gasteiger partial charge in [-0.3, -0.25) is 9.78 Å². The molecule has 0 saturated carbocycles. The summed E-state index contributed by atoms with van der Waals surface area (Å²) in [7, 11) is 0. The standard InChI is InChI=1S/C15H22N2O2/c1-12(18)5-3-6-14-8-9-15(17-11-14)7-4-10-16-13(2)19/h8-9,11H,3-7,10H2,1-2H3,(H,16,19). The van der Waals surface area contributed by atoms with Crippen LogP contribution in [-0.4, -0.2) is 23.2 Å². The first-order chi connectivity index (χ1) is 9.08. The zero-order valence-electron chi connectivity index (χ0n) is 11.7. The number of pyridine rings is 1. The summed E-state index contributed by atoms with van der Waals surface area (Å²) in [6, 6.07) is 4.09. The minimum Gasteiger partial charge on any atom is -0.356 e. The summed E-state index contributed by atoms with van der Waals surface area (Å²) in [5.41, 5.74) is 2.22. The quantitative estimate of drug-likeness (QED) is 0.730. The fourth-order valence-electron chi connectivity index (χ4n) is 1.83. The number of aryl methyl sites for hydroxylation is 2. The molecule has 0 spiro atoms. The second-order valence-electron chi connectivity index (χ2n) is 4.80. The number of nitrogens with one attached hydrogen (secondary N) is 1. The van der Waals surface area contributed by atoms with E-state index in [1.165, 1.54) is 12.5 Å². The number of amides is 1. The molecule has 0 aliphatic heterocycles. The Morgan fingerprint density at radius 1 is 1.16 bits per heavy atom. The van der Waals surface area contributed by atoms with E-state index in [-0.39, 0.29) is 11.7 Å². The van der Waals surface area contributed by atoms with Crippen molar-refractivity contribution in [2.75, 3.05) is 6.54 Å². The Balaban J connectivity index is 2.27. The topological polar surface area (TPSA) is 59.1 Å². The molecule has 1 aromatic heterocycles. The predicted octanol–water partition coefficient (Wildman–Crippen LogP) is 2.06. The first kappa shape index (κ1) is 15.3. The molecule has 0 saturated heterocycles. The van der Waals surface area contributed by atoms with Crippen molar-refractivity contribution in [2.24, 2.45) is 0 Å². The minimum absolute atomic E-state index is 0.00813. The van der Waals surface area contributed by atoms with Gasteiger partial charge >= 0.3 is 0 Å². The second-order valence-corrected chi connectivity index (χ2v) is 4.80. The molecular weight excluding hydrogens is 240 g/mol. The first-order valence-corrected chi connectivity index (χ1v) is 6.75. The van der Waals surface area contributed by atoms with Crippen LogP contribution in [0.2, 0.25) is 0 Å². The molecule has 0 unspecified atom stereocenters. The third-order valence-electron chi connectivity index (χ3n) is 2.86. The van der Waals surface area contributed by atoms with E-state index >= 15 is 0 Å². The number of rotatable bonds is 8. The van der Waals surface area contributed by atoms with E-state index < -0.39 is 0 Å². The normalized spacial score (nSPS) is 10.2. The molecule has 19 heavy (non-hydrogen) atoms. The van der Waals surface area contributed by atoms with E-state index in [0.29, 0.717) is 13.0 Å². The van der Waals surface area contributed by atoms with Crippen molar-refractivity contribution in [3.63, 3.8) is 0 Å². The van der Waals surface area contributed by atoms with Crippen LogP contribution in [0.5, 0.6) is 0 Å². The zero-order valence-corrected chi connectivity index (χ0v) is 11.7. The maximum Gasteiger partial charge on any atom is 0.216 e. The fourth-order valence-corrected chi connectivity index (χ4v) is 1.83. The van der Waals surface area contributed by atoms with Crippen LogP contribution in [0.15, 0.2) is 18.3 Å². The Morgan fingerprint density at radius 3 is 2.53 bits per heavy atom. The van der Waals surface area contributed by atoms with Crippen molar-refractivity contribution >= 4 is 11.7 Å². The van der Waals surface area contributed by atoms with E-state index in [9.17, 15) is 9.59 Å². The molecule has 1 heterocycles. The van der Waals surface area contributed by atoms with Gasteiger partial charge in [-0.2, -0.15) is 0 Å². The molecular formula is C15H22N2O2. The van der Waals surface area contributed by atoms with Crippen molar-refractivity contribution in [3.05, 3.63) is 29.6 Å². The van der Waals surface area contributed by atoms with Gasteiger partial charge in [-0.15, -0.1) is 0 Å². The molecule has 0 aliphatic carbocycles. The number of hydrogen-bond acceptors (Lipinski definition) is 3. The van der Waals surface area contributed by atoms with E-state index in [1.807, 2.05) is 12.3 Å². The number of nitrogens with zero attached hydrogens (tertiary/aromatic N) is 1. The SMILES string of the molecule is CC(=O)CCCc1ccc(CCCNC(C)=O)nc1. The lowest BCUT2D eigenvalue weighted by Crippen LogP contribution is -2.21. The lowest BCUT2D eigenvalue weighted by Gasteiger charge is -2.04. The summed E-state index contributed by atoms with van der Waals surface area (Å²) in [6.07, 6.45) is 6.08. The smallest absolute Gasteiger partial charge is 0.216 e. The van der Waals surface area contributed by atoms with Crippen LogP contribution in [0.3, 0.4) is 0 Å². The van der Waals surface area contributed by atoms with Crippen molar-refractivity contribution in [1.29, 1.82) is 0 Å². The lowest BCUT2D eigenvalue weighted by atomic mass is 10.1. The van der Waals surface area contributed by atoms with Crippen LogP contribution >= 0.6 is 0 Å². The van der Waals surface area contributed by atoms with Gasteiger partial charge < -0.3 is 10.1 Å². The number of ketones is 1. The highest BCUT2D eigenvalue weighted by molar-refractivity contribution is 5.75. The van der Waals surface area contributed by atoms with E-state index in [4.69, 9.17) is 0 Å². The third kappa shape index (κ3) is 7.34. The van der Waals surface area contributed by atoms with Crippen molar-refractivity contribution in [3.8, 4) is 0 Å². The van der Waals surface area contributed by atoms with E-state index in [1.54, 1.807) is 6.92 Å². The van der Waals surface area contributed by atoms with Crippen LogP contribution in [-0.2, 0) is 22.4 Å². The first-order valence-electron chi connectivity index (χ1n) is 6.75. The minimum atomic E-state index is 0.00813. The van der Waals surface area contributed by atoms with Gasteiger partial charge in [-0.1, -0.05) is 6.07 Å². The lowest BCUT2D eigenvalue weighted by molar-refractivity contribution is -0.119. The van der Waals surface area contributed by atoms with Crippen LogP contribution in [0.1, 0.15) is 44.4 Å². The van der Waals surface area contributed by atoms with Crippen LogP contribution in [0.25, 0.3) is 0 Å². The summed E-state index contributed by atoms with van der Waals surface area (Å²) < 4.78 is 0. The average molecular weight is 262 g/mol. The van der Waals surface area contributed by atoms with Gasteiger partial charge in [0.15, 0.2) is 0 Å². The van der Waals surface area contributed by atoms with E-state index in [0.717, 1.165) is 31.4 Å². The molecule has 0 atom stereocenters. The highest BCUT2D eigenvalue weighted by Crippen LogP contribution is 2.06. The van der Waals surface area contributed by atoms with Gasteiger partial charge in [0.25, 0.3) is 0 Å². The third-order valence-corrected chi connectivity index (χ3v) is 2.86. The molecule has 0 bridgehead atoms. The largest absolute Gasteiger partial charge is 0.356 e. The molecule has 0 fully saturated rings. The summed E-state index contributed by atoms with van der Waals surface area (Å²) in [6.45, 7) is 3.84. The Bertz CT molecular complexity index is 413. The Hall–Kier alpha value is -1.71. The number of aromatic nitrogens is 1. The van der Waals surface area contributed by atoms with Gasteiger partial charge in [0, 0.05) is 31.8 Å². The van der Waals surface area contributed by atoms with Crippen molar-refractivity contribution < 1.29 is 9.59 Å². The number of carbonyl (C=O) groups is 2. The molecule has 0 aromatic carbocycles. The fraction of sp³-hybridized carbons (Fsp3) is 0.533. The Morgan fingerprint density at radius 2 is 1.95 bits per heavy atom. The number of hydrogen-bond donors (Lipinski definition) is 1. The van der Waals surface area contributed by atoms with Crippen molar-refractivity contribution in [2.45, 2.75) is 46.0 Å². The molecule has 1 aromatic rings. The molecule has 1 rings (SSSR count). The molecule has 0 radical (unpaired) electrons. The van der Waals surface area contributed by atoms with Gasteiger partial charge in [0.1, 0.15) is 5.78 Å². The van der Waals surface area contributed by atoms with Gasteiger partial charge in [0.05, 0.1) is 0 Å². The average Bonchev–Trinajstić information content (AvgIpc) is 2.36. The highest BCUT2D eigenvalue weighted by atomic mass is 16.1. The summed E-state index contributed by atoms with van der Waals surface area (Å²) in [5, 5.41) is 2.77. The van der Waals surface area contributed by atoms with Crippen LogP contribution in [0.4, 0.5) is 0 Å².